The van der Waals surface area contributed by atoms with Crippen molar-refractivity contribution >= 4 is 41.5 Å². The maximum absolute atomic E-state index is 12.3. The number of hydrogen-bond acceptors (Lipinski definition) is 5. The molecule has 1 heterocycles. The molecule has 9 heteroatoms. The van der Waals surface area contributed by atoms with Crippen LogP contribution in [0.5, 0.6) is 0 Å². The highest BCUT2D eigenvalue weighted by atomic mass is 79.9. The molecular weight excluding hydrogens is 380 g/mol. The second-order valence-electron chi connectivity index (χ2n) is 5.10. The Morgan fingerprint density at radius 1 is 1.43 bits per heavy atom. The van der Waals surface area contributed by atoms with E-state index in [1.165, 1.54) is 6.07 Å². The third-order valence-corrected chi connectivity index (χ3v) is 7.90. The van der Waals surface area contributed by atoms with Crippen molar-refractivity contribution in [2.45, 2.75) is 29.9 Å². The van der Waals surface area contributed by atoms with Crippen LogP contribution in [0.4, 0.5) is 5.69 Å². The summed E-state index contributed by atoms with van der Waals surface area (Å²) in [5, 5.41) is -0.642. The first-order valence-electron chi connectivity index (χ1n) is 6.40. The van der Waals surface area contributed by atoms with Gasteiger partial charge in [-0.25, -0.2) is 21.6 Å². The van der Waals surface area contributed by atoms with Gasteiger partial charge >= 0.3 is 0 Å². The van der Waals surface area contributed by atoms with Gasteiger partial charge in [-0.2, -0.15) is 0 Å². The minimum absolute atomic E-state index is 0.0600. The van der Waals surface area contributed by atoms with E-state index in [9.17, 15) is 16.8 Å². The van der Waals surface area contributed by atoms with E-state index in [2.05, 4.69) is 20.7 Å². The van der Waals surface area contributed by atoms with Crippen molar-refractivity contribution in [2.24, 2.45) is 0 Å². The van der Waals surface area contributed by atoms with E-state index in [0.717, 1.165) is 0 Å². The molecule has 0 radical (unpaired) electrons. The molecule has 118 valence electrons. The Balaban J connectivity index is 2.24. The third-order valence-electron chi connectivity index (χ3n) is 3.62. The van der Waals surface area contributed by atoms with E-state index in [-0.39, 0.29) is 17.2 Å². The number of hydrogen-bond donors (Lipinski definition) is 2. The standard InChI is InChI=1S/C12H17BrN2O4S2/c1-8-11(14)5-9(13)6-12(8)21(18,19)15-7-10-3-2-4-20(10,16)17/h5-6,10,15H,2-4,7,14H2,1H3. The van der Waals surface area contributed by atoms with Crippen molar-refractivity contribution in [1.29, 1.82) is 0 Å². The fourth-order valence-electron chi connectivity index (χ4n) is 2.32. The summed E-state index contributed by atoms with van der Waals surface area (Å²) in [5.74, 6) is 0.127. The first kappa shape index (κ1) is 16.7. The molecule has 21 heavy (non-hydrogen) atoms. The number of sulfone groups is 1. The molecule has 2 rings (SSSR count). The number of nitrogens with two attached hydrogens (primary N) is 1. The Morgan fingerprint density at radius 2 is 2.10 bits per heavy atom. The lowest BCUT2D eigenvalue weighted by Crippen LogP contribution is -2.35. The van der Waals surface area contributed by atoms with Gasteiger partial charge in [-0.3, -0.25) is 0 Å². The average molecular weight is 397 g/mol. The highest BCUT2D eigenvalue weighted by Gasteiger charge is 2.32. The molecule has 1 aromatic rings. The molecule has 1 atom stereocenters. The zero-order valence-electron chi connectivity index (χ0n) is 11.5. The molecule has 6 nitrogen and oxygen atoms in total. The third kappa shape index (κ3) is 3.58. The highest BCUT2D eigenvalue weighted by molar-refractivity contribution is 9.10. The number of halogens is 1. The molecule has 1 aliphatic heterocycles. The molecule has 0 spiro atoms. The van der Waals surface area contributed by atoms with Crippen molar-refractivity contribution in [3.8, 4) is 0 Å². The lowest BCUT2D eigenvalue weighted by molar-refractivity contribution is 0.570. The Labute approximate surface area is 133 Å². The second kappa shape index (κ2) is 5.86. The SMILES string of the molecule is Cc1c(N)cc(Br)cc1S(=O)(=O)NCC1CCCS1(=O)=O. The predicted octanol–water partition coefficient (Wildman–Crippen LogP) is 1.20. The van der Waals surface area contributed by atoms with Crippen LogP contribution in [0, 0.1) is 6.92 Å². The molecule has 0 saturated carbocycles. The van der Waals surface area contributed by atoms with Gasteiger partial charge in [0, 0.05) is 16.7 Å². The largest absolute Gasteiger partial charge is 0.398 e. The fourth-order valence-corrected chi connectivity index (χ4v) is 6.20. The van der Waals surface area contributed by atoms with Crippen LogP contribution in [0.2, 0.25) is 0 Å². The van der Waals surface area contributed by atoms with Crippen LogP contribution in [0.3, 0.4) is 0 Å². The summed E-state index contributed by atoms with van der Waals surface area (Å²) in [6, 6.07) is 3.08. The van der Waals surface area contributed by atoms with E-state index in [4.69, 9.17) is 5.73 Å². The van der Waals surface area contributed by atoms with Crippen molar-refractivity contribution < 1.29 is 16.8 Å². The van der Waals surface area contributed by atoms with Crippen LogP contribution < -0.4 is 10.5 Å². The molecule has 0 amide bonds. The molecule has 0 aliphatic carbocycles. The summed E-state index contributed by atoms with van der Waals surface area (Å²) in [6.07, 6.45) is 1.07. The number of anilines is 1. The molecule has 0 bridgehead atoms. The first-order chi connectivity index (χ1) is 9.63. The molecule has 1 fully saturated rings. The lowest BCUT2D eigenvalue weighted by Gasteiger charge is -2.14. The van der Waals surface area contributed by atoms with Crippen LogP contribution in [0.15, 0.2) is 21.5 Å². The zero-order chi connectivity index (χ0) is 15.8. The van der Waals surface area contributed by atoms with Crippen LogP contribution >= 0.6 is 15.9 Å². The second-order valence-corrected chi connectivity index (χ2v) is 10.2. The molecule has 1 saturated heterocycles. The quantitative estimate of drug-likeness (QED) is 0.743. The van der Waals surface area contributed by atoms with E-state index >= 15 is 0 Å². The van der Waals surface area contributed by atoms with Gasteiger partial charge in [-0.05, 0) is 37.5 Å². The molecule has 1 unspecified atom stereocenters. The summed E-state index contributed by atoms with van der Waals surface area (Å²) < 4.78 is 51.1. The maximum Gasteiger partial charge on any atom is 0.240 e. The van der Waals surface area contributed by atoms with Gasteiger partial charge in [0.2, 0.25) is 10.0 Å². The fraction of sp³-hybridized carbons (Fsp3) is 0.500. The van der Waals surface area contributed by atoms with E-state index < -0.39 is 25.1 Å². The van der Waals surface area contributed by atoms with Crippen LogP contribution in [-0.4, -0.2) is 34.4 Å². The Bertz CT molecular complexity index is 760. The maximum atomic E-state index is 12.3. The number of nitrogens with one attached hydrogen (secondary N) is 1. The van der Waals surface area contributed by atoms with Crippen LogP contribution in [0.1, 0.15) is 18.4 Å². The van der Waals surface area contributed by atoms with E-state index in [0.29, 0.717) is 28.6 Å². The first-order valence-corrected chi connectivity index (χ1v) is 10.4. The zero-order valence-corrected chi connectivity index (χ0v) is 14.7. The summed E-state index contributed by atoms with van der Waals surface area (Å²) in [7, 11) is -6.98. The Kier molecular flexibility index (Phi) is 4.67. The van der Waals surface area contributed by atoms with Gasteiger partial charge in [0.15, 0.2) is 9.84 Å². The van der Waals surface area contributed by atoms with E-state index in [1.54, 1.807) is 13.0 Å². The molecule has 1 aromatic carbocycles. The predicted molar refractivity (Wildman–Crippen MR) is 85.3 cm³/mol. The van der Waals surface area contributed by atoms with Gasteiger partial charge in [0.1, 0.15) is 0 Å². The summed E-state index contributed by atoms with van der Waals surface area (Å²) >= 11 is 3.21. The topological polar surface area (TPSA) is 106 Å². The van der Waals surface area contributed by atoms with Gasteiger partial charge in [-0.15, -0.1) is 0 Å². The molecule has 3 N–H and O–H groups in total. The van der Waals surface area contributed by atoms with Crippen molar-refractivity contribution in [3.63, 3.8) is 0 Å². The monoisotopic (exact) mass is 396 g/mol. The van der Waals surface area contributed by atoms with Gasteiger partial charge < -0.3 is 5.73 Å². The number of benzene rings is 1. The summed E-state index contributed by atoms with van der Waals surface area (Å²) in [6.45, 7) is 1.51. The van der Waals surface area contributed by atoms with Gasteiger partial charge in [-0.1, -0.05) is 15.9 Å². The van der Waals surface area contributed by atoms with Crippen LogP contribution in [-0.2, 0) is 19.9 Å². The van der Waals surface area contributed by atoms with Crippen molar-refractivity contribution in [1.82, 2.24) is 4.72 Å². The smallest absolute Gasteiger partial charge is 0.240 e. The molecule has 1 aliphatic rings. The molecular formula is C12H17BrN2O4S2. The number of sulfonamides is 1. The normalized spacial score (nSPS) is 21.5. The number of nitrogen functional groups attached to an aromatic ring is 1. The Morgan fingerprint density at radius 3 is 2.67 bits per heavy atom. The van der Waals surface area contributed by atoms with Crippen molar-refractivity contribution in [3.05, 3.63) is 22.2 Å². The van der Waals surface area contributed by atoms with Crippen molar-refractivity contribution in [2.75, 3.05) is 18.0 Å². The Hall–Kier alpha value is -0.640. The summed E-state index contributed by atoms with van der Waals surface area (Å²) in [5.41, 5.74) is 6.57. The minimum Gasteiger partial charge on any atom is -0.398 e. The van der Waals surface area contributed by atoms with Gasteiger partial charge in [0.25, 0.3) is 0 Å². The minimum atomic E-state index is -3.80. The summed E-state index contributed by atoms with van der Waals surface area (Å²) in [4.78, 5) is 0.0600. The van der Waals surface area contributed by atoms with Gasteiger partial charge in [0.05, 0.1) is 15.9 Å². The van der Waals surface area contributed by atoms with E-state index in [1.807, 2.05) is 0 Å². The average Bonchev–Trinajstić information content (AvgIpc) is 2.70. The lowest BCUT2D eigenvalue weighted by atomic mass is 10.2. The van der Waals surface area contributed by atoms with Crippen LogP contribution in [0.25, 0.3) is 0 Å². The molecule has 0 aromatic heterocycles. The number of rotatable bonds is 4. The highest BCUT2D eigenvalue weighted by Crippen LogP contribution is 2.26.